The van der Waals surface area contributed by atoms with Gasteiger partial charge in [0.25, 0.3) is 0 Å². The van der Waals surface area contributed by atoms with Crippen LogP contribution in [0.5, 0.6) is 0 Å². The first-order valence-corrected chi connectivity index (χ1v) is 4.99. The molecule has 0 rings (SSSR count). The van der Waals surface area contributed by atoms with Crippen molar-refractivity contribution in [1.29, 1.82) is 0 Å². The molecule has 0 fully saturated rings. The summed E-state index contributed by atoms with van der Waals surface area (Å²) in [5.41, 5.74) is 5.23. The van der Waals surface area contributed by atoms with Gasteiger partial charge in [-0.25, -0.2) is 0 Å². The summed E-state index contributed by atoms with van der Waals surface area (Å²) in [5, 5.41) is 2.51. The predicted molar refractivity (Wildman–Crippen MR) is 59.2 cm³/mol. The van der Waals surface area contributed by atoms with Crippen LogP contribution in [0.2, 0.25) is 0 Å². The van der Waals surface area contributed by atoms with Crippen LogP contribution in [0.25, 0.3) is 0 Å². The summed E-state index contributed by atoms with van der Waals surface area (Å²) in [5.74, 6) is -0.104. The summed E-state index contributed by atoms with van der Waals surface area (Å²) in [6.45, 7) is 4.03. The molecule has 5 nitrogen and oxygen atoms in total. The number of carbonyl (C=O) groups is 2. The van der Waals surface area contributed by atoms with Crippen LogP contribution in [0.1, 0.15) is 26.7 Å². The van der Waals surface area contributed by atoms with Crippen LogP contribution in [-0.4, -0.2) is 42.9 Å². The lowest BCUT2D eigenvalue weighted by Crippen LogP contribution is -2.40. The molecule has 0 aliphatic carbocycles. The third-order valence-corrected chi connectivity index (χ3v) is 1.99. The van der Waals surface area contributed by atoms with E-state index in [2.05, 4.69) is 5.32 Å². The standard InChI is InChI=1S/C10H21N3O2/c1-10(2,11)7-9(15)13(4)6-5-8(14)12-3/h5-7,11H2,1-4H3,(H,12,14). The third-order valence-electron chi connectivity index (χ3n) is 1.99. The van der Waals surface area contributed by atoms with Crippen molar-refractivity contribution in [2.75, 3.05) is 20.6 Å². The largest absolute Gasteiger partial charge is 0.359 e. The molecule has 0 saturated carbocycles. The Hall–Kier alpha value is -1.10. The van der Waals surface area contributed by atoms with E-state index in [0.29, 0.717) is 13.0 Å². The molecule has 15 heavy (non-hydrogen) atoms. The number of rotatable bonds is 5. The molecule has 0 aliphatic heterocycles. The van der Waals surface area contributed by atoms with Gasteiger partial charge in [-0.2, -0.15) is 0 Å². The fraction of sp³-hybridized carbons (Fsp3) is 0.800. The summed E-state index contributed by atoms with van der Waals surface area (Å²) in [6, 6.07) is 0. The molecule has 0 atom stereocenters. The van der Waals surface area contributed by atoms with Gasteiger partial charge in [-0.15, -0.1) is 0 Å². The van der Waals surface area contributed by atoms with Crippen LogP contribution in [0.3, 0.4) is 0 Å². The van der Waals surface area contributed by atoms with Crippen molar-refractivity contribution in [3.63, 3.8) is 0 Å². The van der Waals surface area contributed by atoms with E-state index in [1.807, 2.05) is 0 Å². The Bertz CT molecular complexity index is 233. The van der Waals surface area contributed by atoms with Crippen LogP contribution in [-0.2, 0) is 9.59 Å². The first kappa shape index (κ1) is 13.9. The summed E-state index contributed by atoms with van der Waals surface area (Å²) in [6.07, 6.45) is 0.612. The fourth-order valence-corrected chi connectivity index (χ4v) is 1.04. The van der Waals surface area contributed by atoms with Crippen molar-refractivity contribution in [3.8, 4) is 0 Å². The van der Waals surface area contributed by atoms with E-state index in [-0.39, 0.29) is 18.2 Å². The quantitative estimate of drug-likeness (QED) is 0.661. The van der Waals surface area contributed by atoms with Gasteiger partial charge in [-0.3, -0.25) is 9.59 Å². The van der Waals surface area contributed by atoms with E-state index in [1.54, 1.807) is 27.9 Å². The summed E-state index contributed by atoms with van der Waals surface area (Å²) >= 11 is 0. The maximum absolute atomic E-state index is 11.6. The Morgan fingerprint density at radius 3 is 2.33 bits per heavy atom. The Kier molecular flexibility index (Phi) is 5.28. The summed E-state index contributed by atoms with van der Waals surface area (Å²) in [7, 11) is 3.25. The van der Waals surface area contributed by atoms with E-state index in [9.17, 15) is 9.59 Å². The first-order valence-electron chi connectivity index (χ1n) is 4.99. The Morgan fingerprint density at radius 2 is 1.93 bits per heavy atom. The maximum atomic E-state index is 11.6. The second-order valence-electron chi connectivity index (χ2n) is 4.40. The number of carbonyl (C=O) groups excluding carboxylic acids is 2. The molecular formula is C10H21N3O2. The Labute approximate surface area is 91.0 Å². The molecule has 88 valence electrons. The van der Waals surface area contributed by atoms with Crippen molar-refractivity contribution in [3.05, 3.63) is 0 Å². The van der Waals surface area contributed by atoms with Crippen LogP contribution >= 0.6 is 0 Å². The first-order chi connectivity index (χ1) is 6.76. The van der Waals surface area contributed by atoms with E-state index in [0.717, 1.165) is 0 Å². The zero-order chi connectivity index (χ0) is 12.1. The molecule has 0 saturated heterocycles. The van der Waals surface area contributed by atoms with Gasteiger partial charge < -0.3 is 16.0 Å². The zero-order valence-corrected chi connectivity index (χ0v) is 9.96. The molecular weight excluding hydrogens is 194 g/mol. The second kappa shape index (κ2) is 5.70. The number of nitrogens with one attached hydrogen (secondary N) is 1. The van der Waals surface area contributed by atoms with E-state index in [1.165, 1.54) is 4.90 Å². The van der Waals surface area contributed by atoms with Gasteiger partial charge in [-0.05, 0) is 13.8 Å². The molecule has 0 aromatic rings. The molecule has 5 heteroatoms. The normalized spacial score (nSPS) is 11.0. The van der Waals surface area contributed by atoms with Gasteiger partial charge >= 0.3 is 0 Å². The molecule has 0 aromatic heterocycles. The van der Waals surface area contributed by atoms with Crippen LogP contribution in [0, 0.1) is 0 Å². The lowest BCUT2D eigenvalue weighted by atomic mass is 10.0. The molecule has 0 radical (unpaired) electrons. The zero-order valence-electron chi connectivity index (χ0n) is 9.96. The highest BCUT2D eigenvalue weighted by atomic mass is 16.2. The van der Waals surface area contributed by atoms with Crippen LogP contribution in [0.4, 0.5) is 0 Å². The van der Waals surface area contributed by atoms with Crippen LogP contribution in [0.15, 0.2) is 0 Å². The van der Waals surface area contributed by atoms with Crippen molar-refractivity contribution >= 4 is 11.8 Å². The average Bonchev–Trinajstić information content (AvgIpc) is 2.10. The van der Waals surface area contributed by atoms with Crippen molar-refractivity contribution in [2.45, 2.75) is 32.2 Å². The Morgan fingerprint density at radius 1 is 1.40 bits per heavy atom. The fourth-order valence-electron chi connectivity index (χ4n) is 1.04. The minimum Gasteiger partial charge on any atom is -0.359 e. The van der Waals surface area contributed by atoms with Crippen molar-refractivity contribution in [2.24, 2.45) is 5.73 Å². The third kappa shape index (κ3) is 6.90. The Balaban J connectivity index is 3.95. The van der Waals surface area contributed by atoms with Gasteiger partial charge in [0.1, 0.15) is 0 Å². The summed E-state index contributed by atoms with van der Waals surface area (Å²) < 4.78 is 0. The van der Waals surface area contributed by atoms with Gasteiger partial charge in [-0.1, -0.05) is 0 Å². The highest BCUT2D eigenvalue weighted by molar-refractivity contribution is 5.79. The van der Waals surface area contributed by atoms with Gasteiger partial charge in [0.15, 0.2) is 0 Å². The number of hydrogen-bond donors (Lipinski definition) is 2. The highest BCUT2D eigenvalue weighted by Gasteiger charge is 2.19. The molecule has 0 bridgehead atoms. The second-order valence-corrected chi connectivity index (χ2v) is 4.40. The lowest BCUT2D eigenvalue weighted by Gasteiger charge is -2.23. The minimum atomic E-state index is -0.502. The smallest absolute Gasteiger partial charge is 0.224 e. The topological polar surface area (TPSA) is 75.4 Å². The van der Waals surface area contributed by atoms with Crippen molar-refractivity contribution in [1.82, 2.24) is 10.2 Å². The van der Waals surface area contributed by atoms with E-state index in [4.69, 9.17) is 5.73 Å². The summed E-state index contributed by atoms with van der Waals surface area (Å²) in [4.78, 5) is 24.1. The number of nitrogens with two attached hydrogens (primary N) is 1. The minimum absolute atomic E-state index is 0.0357. The molecule has 2 amide bonds. The molecule has 0 spiro atoms. The molecule has 0 aliphatic rings. The number of amides is 2. The molecule has 3 N–H and O–H groups in total. The molecule has 0 heterocycles. The monoisotopic (exact) mass is 215 g/mol. The SMILES string of the molecule is CNC(=O)CCN(C)C(=O)CC(C)(C)N. The van der Waals surface area contributed by atoms with Crippen molar-refractivity contribution < 1.29 is 9.59 Å². The van der Waals surface area contributed by atoms with Crippen LogP contribution < -0.4 is 11.1 Å². The van der Waals surface area contributed by atoms with Gasteiger partial charge in [0.05, 0.1) is 0 Å². The van der Waals surface area contributed by atoms with E-state index < -0.39 is 5.54 Å². The van der Waals surface area contributed by atoms with Gasteiger partial charge in [0.2, 0.25) is 11.8 Å². The van der Waals surface area contributed by atoms with Gasteiger partial charge in [0, 0.05) is 39.0 Å². The lowest BCUT2D eigenvalue weighted by molar-refractivity contribution is -0.131. The number of hydrogen-bond acceptors (Lipinski definition) is 3. The van der Waals surface area contributed by atoms with E-state index >= 15 is 0 Å². The molecule has 0 unspecified atom stereocenters. The average molecular weight is 215 g/mol. The maximum Gasteiger partial charge on any atom is 0.224 e. The predicted octanol–water partition coefficient (Wildman–Crippen LogP) is -0.292. The highest BCUT2D eigenvalue weighted by Crippen LogP contribution is 2.06. The molecule has 0 aromatic carbocycles. The number of nitrogens with zero attached hydrogens (tertiary/aromatic N) is 1.